The lowest BCUT2D eigenvalue weighted by molar-refractivity contribution is -0.136. The van der Waals surface area contributed by atoms with Crippen LogP contribution in [0.25, 0.3) is 0 Å². The monoisotopic (exact) mass is 495 g/mol. The second kappa shape index (κ2) is 10.9. The van der Waals surface area contributed by atoms with Gasteiger partial charge in [0.1, 0.15) is 11.6 Å². The summed E-state index contributed by atoms with van der Waals surface area (Å²) in [6, 6.07) is 14.1. The molecule has 3 amide bonds. The van der Waals surface area contributed by atoms with Crippen molar-refractivity contribution in [2.75, 3.05) is 25.2 Å². The predicted molar refractivity (Wildman–Crippen MR) is 134 cm³/mol. The van der Waals surface area contributed by atoms with Crippen molar-refractivity contribution >= 4 is 23.6 Å². The van der Waals surface area contributed by atoms with E-state index in [1.807, 2.05) is 30.3 Å². The molecule has 2 heterocycles. The standard InChI is InChI=1S/C27H33N3O6/c1-27(2,3)36-26(33)29-21(15-18-7-5-4-6-8-18)25(32)30-13-11-19(12-14-30)24(31)28-20-9-10-22-23(16-20)35-17-34-22/h4-10,16,19,21H,11-15,17H2,1-3H3,(H,28,31)(H,29,33). The molecule has 2 aromatic rings. The highest BCUT2D eigenvalue weighted by molar-refractivity contribution is 5.93. The van der Waals surface area contributed by atoms with E-state index in [1.165, 1.54) is 0 Å². The van der Waals surface area contributed by atoms with Gasteiger partial charge in [0.05, 0.1) is 0 Å². The highest BCUT2D eigenvalue weighted by atomic mass is 16.7. The lowest BCUT2D eigenvalue weighted by atomic mass is 9.94. The van der Waals surface area contributed by atoms with E-state index < -0.39 is 17.7 Å². The first kappa shape index (κ1) is 25.3. The van der Waals surface area contributed by atoms with E-state index in [0.717, 1.165) is 5.56 Å². The number of ether oxygens (including phenoxy) is 3. The van der Waals surface area contributed by atoms with Crippen LogP contribution in [-0.2, 0) is 20.7 Å². The molecule has 0 aromatic heterocycles. The summed E-state index contributed by atoms with van der Waals surface area (Å²) in [6.07, 6.45) is 0.789. The maximum atomic E-state index is 13.4. The van der Waals surface area contributed by atoms with Crippen molar-refractivity contribution in [1.82, 2.24) is 10.2 Å². The van der Waals surface area contributed by atoms with Gasteiger partial charge in [0.15, 0.2) is 11.5 Å². The van der Waals surface area contributed by atoms with Crippen molar-refractivity contribution in [3.8, 4) is 11.5 Å². The van der Waals surface area contributed by atoms with Gasteiger partial charge < -0.3 is 29.7 Å². The van der Waals surface area contributed by atoms with Crippen molar-refractivity contribution in [3.05, 3.63) is 54.1 Å². The Hall–Kier alpha value is -3.75. The number of piperidine rings is 1. The Kier molecular flexibility index (Phi) is 7.67. The molecular formula is C27H33N3O6. The minimum Gasteiger partial charge on any atom is -0.454 e. The maximum Gasteiger partial charge on any atom is 0.408 e. The maximum absolute atomic E-state index is 13.4. The fourth-order valence-electron chi connectivity index (χ4n) is 4.30. The number of nitrogens with one attached hydrogen (secondary N) is 2. The smallest absolute Gasteiger partial charge is 0.408 e. The third kappa shape index (κ3) is 6.68. The lowest BCUT2D eigenvalue weighted by Crippen LogP contribution is -2.53. The average Bonchev–Trinajstić information content (AvgIpc) is 3.31. The molecular weight excluding hydrogens is 462 g/mol. The Morgan fingerprint density at radius 1 is 1.03 bits per heavy atom. The van der Waals surface area contributed by atoms with E-state index in [4.69, 9.17) is 14.2 Å². The van der Waals surface area contributed by atoms with Gasteiger partial charge in [-0.15, -0.1) is 0 Å². The molecule has 0 spiro atoms. The first-order chi connectivity index (χ1) is 17.2. The molecule has 1 fully saturated rings. The molecule has 36 heavy (non-hydrogen) atoms. The highest BCUT2D eigenvalue weighted by Crippen LogP contribution is 2.34. The molecule has 9 nitrogen and oxygen atoms in total. The van der Waals surface area contributed by atoms with Crippen LogP contribution in [0.5, 0.6) is 11.5 Å². The second-order valence-corrected chi connectivity index (χ2v) is 10.0. The Morgan fingerprint density at radius 3 is 2.42 bits per heavy atom. The molecule has 9 heteroatoms. The normalized spacial score (nSPS) is 16.2. The molecule has 1 atom stereocenters. The molecule has 0 radical (unpaired) electrons. The highest BCUT2D eigenvalue weighted by Gasteiger charge is 2.33. The van der Waals surface area contributed by atoms with E-state index in [-0.39, 0.29) is 24.5 Å². The molecule has 4 rings (SSSR count). The van der Waals surface area contributed by atoms with E-state index in [1.54, 1.807) is 43.9 Å². The number of nitrogens with zero attached hydrogens (tertiary/aromatic N) is 1. The summed E-state index contributed by atoms with van der Waals surface area (Å²) >= 11 is 0. The van der Waals surface area contributed by atoms with Gasteiger partial charge in [0.25, 0.3) is 0 Å². The van der Waals surface area contributed by atoms with Crippen LogP contribution in [0.4, 0.5) is 10.5 Å². The molecule has 2 N–H and O–H groups in total. The van der Waals surface area contributed by atoms with E-state index in [0.29, 0.717) is 49.5 Å². The first-order valence-corrected chi connectivity index (χ1v) is 12.2. The number of rotatable bonds is 6. The summed E-state index contributed by atoms with van der Waals surface area (Å²) in [4.78, 5) is 40.4. The molecule has 1 unspecified atom stereocenters. The fourth-order valence-corrected chi connectivity index (χ4v) is 4.30. The molecule has 2 aromatic carbocycles. The topological polar surface area (TPSA) is 106 Å². The number of amides is 3. The fraction of sp³-hybridized carbons (Fsp3) is 0.444. The van der Waals surface area contributed by atoms with Crippen molar-refractivity contribution < 1.29 is 28.6 Å². The third-order valence-corrected chi connectivity index (χ3v) is 6.09. The zero-order valence-electron chi connectivity index (χ0n) is 20.9. The lowest BCUT2D eigenvalue weighted by Gasteiger charge is -2.34. The van der Waals surface area contributed by atoms with E-state index in [2.05, 4.69) is 10.6 Å². The summed E-state index contributed by atoms with van der Waals surface area (Å²) < 4.78 is 16.1. The van der Waals surface area contributed by atoms with Crippen molar-refractivity contribution in [1.29, 1.82) is 0 Å². The van der Waals surface area contributed by atoms with Gasteiger partial charge in [-0.05, 0) is 51.3 Å². The van der Waals surface area contributed by atoms with Crippen LogP contribution in [0.3, 0.4) is 0 Å². The Balaban J connectivity index is 1.35. The van der Waals surface area contributed by atoms with Crippen LogP contribution in [-0.4, -0.2) is 54.3 Å². The minimum atomic E-state index is -0.763. The zero-order chi connectivity index (χ0) is 25.7. The van der Waals surface area contributed by atoms with Gasteiger partial charge in [-0.2, -0.15) is 0 Å². The van der Waals surface area contributed by atoms with Gasteiger partial charge in [0.2, 0.25) is 18.6 Å². The van der Waals surface area contributed by atoms with E-state index >= 15 is 0 Å². The molecule has 192 valence electrons. The summed E-state index contributed by atoms with van der Waals surface area (Å²) in [5.74, 6) is 0.777. The number of carbonyl (C=O) groups is 3. The van der Waals surface area contributed by atoms with Gasteiger partial charge in [-0.25, -0.2) is 4.79 Å². The number of hydrogen-bond acceptors (Lipinski definition) is 6. The summed E-state index contributed by atoms with van der Waals surface area (Å²) in [5.41, 5.74) is 0.908. The van der Waals surface area contributed by atoms with E-state index in [9.17, 15) is 14.4 Å². The van der Waals surface area contributed by atoms with Gasteiger partial charge in [-0.3, -0.25) is 9.59 Å². The van der Waals surface area contributed by atoms with Crippen LogP contribution in [0, 0.1) is 5.92 Å². The summed E-state index contributed by atoms with van der Waals surface area (Å²) in [5, 5.41) is 5.69. The quantitative estimate of drug-likeness (QED) is 0.633. The number of hydrogen-bond donors (Lipinski definition) is 2. The van der Waals surface area contributed by atoms with Crippen LogP contribution >= 0.6 is 0 Å². The molecule has 2 aliphatic heterocycles. The molecule has 0 bridgehead atoms. The Bertz CT molecular complexity index is 1090. The van der Waals surface area contributed by atoms with Crippen molar-refractivity contribution in [2.45, 2.75) is 51.7 Å². The largest absolute Gasteiger partial charge is 0.454 e. The number of likely N-dealkylation sites (tertiary alicyclic amines) is 1. The predicted octanol–water partition coefficient (Wildman–Crippen LogP) is 3.73. The van der Waals surface area contributed by atoms with Crippen molar-refractivity contribution in [3.63, 3.8) is 0 Å². The molecule has 0 saturated carbocycles. The Morgan fingerprint density at radius 2 is 1.72 bits per heavy atom. The SMILES string of the molecule is CC(C)(C)OC(=O)NC(Cc1ccccc1)C(=O)N1CCC(C(=O)Nc2ccc3c(c2)OCO3)CC1. The van der Waals surface area contributed by atoms with Crippen molar-refractivity contribution in [2.24, 2.45) is 5.92 Å². The number of benzene rings is 2. The summed E-state index contributed by atoms with van der Waals surface area (Å²) in [6.45, 7) is 6.37. The summed E-state index contributed by atoms with van der Waals surface area (Å²) in [7, 11) is 0. The van der Waals surface area contributed by atoms with Gasteiger partial charge >= 0.3 is 6.09 Å². The number of fused-ring (bicyclic) bond motifs is 1. The second-order valence-electron chi connectivity index (χ2n) is 10.0. The molecule has 0 aliphatic carbocycles. The minimum absolute atomic E-state index is 0.0892. The third-order valence-electron chi connectivity index (χ3n) is 6.09. The Labute approximate surface area is 211 Å². The van der Waals surface area contributed by atoms with Gasteiger partial charge in [0, 0.05) is 37.2 Å². The number of alkyl carbamates (subject to hydrolysis) is 1. The van der Waals surface area contributed by atoms with Gasteiger partial charge in [-0.1, -0.05) is 30.3 Å². The average molecular weight is 496 g/mol. The number of anilines is 1. The van der Waals surface area contributed by atoms with Crippen LogP contribution in [0.1, 0.15) is 39.2 Å². The molecule has 2 aliphatic rings. The van der Waals surface area contributed by atoms with Crippen LogP contribution in [0.15, 0.2) is 48.5 Å². The van der Waals surface area contributed by atoms with Crippen LogP contribution < -0.4 is 20.1 Å². The number of carbonyl (C=O) groups excluding carboxylic acids is 3. The van der Waals surface area contributed by atoms with Crippen LogP contribution in [0.2, 0.25) is 0 Å². The zero-order valence-corrected chi connectivity index (χ0v) is 20.9. The molecule has 1 saturated heterocycles. The first-order valence-electron chi connectivity index (χ1n) is 12.2.